The molecule has 1 atom stereocenters. The van der Waals surface area contributed by atoms with Crippen LogP contribution in [0.3, 0.4) is 0 Å². The third kappa shape index (κ3) is 4.04. The number of aliphatic carboxylic acids is 1. The zero-order valence-corrected chi connectivity index (χ0v) is 16.6. The number of carbonyl (C=O) groups is 1. The van der Waals surface area contributed by atoms with Crippen molar-refractivity contribution in [3.63, 3.8) is 0 Å². The molecule has 3 aromatic rings. The summed E-state index contributed by atoms with van der Waals surface area (Å²) < 4.78 is 23.6. The molecule has 1 N–H and O–H groups in total. The van der Waals surface area contributed by atoms with E-state index in [1.165, 1.54) is 6.92 Å². The Labute approximate surface area is 163 Å². The third-order valence-corrected chi connectivity index (χ3v) is 6.95. The van der Waals surface area contributed by atoms with Gasteiger partial charge in [0.1, 0.15) is 0 Å². The molecule has 0 spiro atoms. The van der Waals surface area contributed by atoms with E-state index in [0.717, 1.165) is 28.5 Å². The molecule has 0 radical (unpaired) electrons. The van der Waals surface area contributed by atoms with Crippen molar-refractivity contribution in [1.82, 2.24) is 19.7 Å². The Bertz CT molecular complexity index is 1110. The van der Waals surface area contributed by atoms with Gasteiger partial charge in [-0.3, -0.25) is 14.5 Å². The van der Waals surface area contributed by atoms with Crippen LogP contribution in [0.5, 0.6) is 0 Å². The Kier molecular flexibility index (Phi) is 5.46. The predicted molar refractivity (Wildman–Crippen MR) is 105 cm³/mol. The largest absolute Gasteiger partial charge is 0.480 e. The standard InChI is InChI=1S/C19H22N4O4S/c1-19(18(24)25,28(2,26)27)9-5-6-10-23-13-14(11-21-23)17-12-20-15-7-3-4-8-16(15)22-17/h3-4,7-8,11-13H,5-6,9-10H2,1-2H3,(H,24,25)/t19-/m1/s1. The van der Waals surface area contributed by atoms with Gasteiger partial charge in [-0.25, -0.2) is 13.4 Å². The molecule has 1 aromatic carbocycles. The molecule has 0 aliphatic rings. The second-order valence-corrected chi connectivity index (χ2v) is 9.45. The fourth-order valence-corrected chi connectivity index (χ4v) is 3.73. The van der Waals surface area contributed by atoms with Gasteiger partial charge >= 0.3 is 5.97 Å². The summed E-state index contributed by atoms with van der Waals surface area (Å²) in [5.74, 6) is -1.31. The number of unbranched alkanes of at least 4 members (excludes halogenated alkanes) is 1. The van der Waals surface area contributed by atoms with Crippen LogP contribution in [0.15, 0.2) is 42.9 Å². The molecule has 9 heteroatoms. The highest BCUT2D eigenvalue weighted by molar-refractivity contribution is 7.92. The number of fused-ring (bicyclic) bond motifs is 1. The minimum Gasteiger partial charge on any atom is -0.480 e. The molecule has 0 aliphatic carbocycles. The van der Waals surface area contributed by atoms with E-state index in [2.05, 4.69) is 15.1 Å². The van der Waals surface area contributed by atoms with Crippen molar-refractivity contribution in [1.29, 1.82) is 0 Å². The molecule has 0 amide bonds. The second-order valence-electron chi connectivity index (χ2n) is 7.00. The summed E-state index contributed by atoms with van der Waals surface area (Å²) in [5.41, 5.74) is 3.19. The molecule has 0 aliphatic heterocycles. The van der Waals surface area contributed by atoms with Crippen molar-refractivity contribution in [3.05, 3.63) is 42.9 Å². The van der Waals surface area contributed by atoms with E-state index in [1.54, 1.807) is 17.1 Å². The van der Waals surface area contributed by atoms with Gasteiger partial charge in [0.2, 0.25) is 0 Å². The maximum absolute atomic E-state index is 11.8. The molecular formula is C19H22N4O4S. The summed E-state index contributed by atoms with van der Waals surface area (Å²) in [7, 11) is -3.70. The number of carboxylic acids is 1. The van der Waals surface area contributed by atoms with Crippen LogP contribution in [-0.4, -0.2) is 50.2 Å². The minimum absolute atomic E-state index is 0.0610. The van der Waals surface area contributed by atoms with E-state index < -0.39 is 20.6 Å². The van der Waals surface area contributed by atoms with E-state index in [-0.39, 0.29) is 6.42 Å². The summed E-state index contributed by atoms with van der Waals surface area (Å²) in [4.78, 5) is 20.4. The SMILES string of the molecule is C[C@@](CCCCn1cc(-c2cnc3ccccc3n2)cn1)(C(=O)O)S(C)(=O)=O. The van der Waals surface area contributed by atoms with Crippen molar-refractivity contribution in [2.24, 2.45) is 0 Å². The molecule has 0 bridgehead atoms. The molecule has 3 rings (SSSR count). The summed E-state index contributed by atoms with van der Waals surface area (Å²) in [5, 5.41) is 13.6. The van der Waals surface area contributed by atoms with Crippen molar-refractivity contribution < 1.29 is 18.3 Å². The highest BCUT2D eigenvalue weighted by Gasteiger charge is 2.42. The molecule has 8 nitrogen and oxygen atoms in total. The van der Waals surface area contributed by atoms with Crippen molar-refractivity contribution in [3.8, 4) is 11.3 Å². The number of aromatic nitrogens is 4. The average Bonchev–Trinajstić information content (AvgIpc) is 3.12. The van der Waals surface area contributed by atoms with Gasteiger partial charge in [-0.2, -0.15) is 5.10 Å². The van der Waals surface area contributed by atoms with Gasteiger partial charge in [-0.05, 0) is 38.3 Å². The normalized spacial score (nSPS) is 14.1. The molecule has 0 saturated heterocycles. The van der Waals surface area contributed by atoms with Crippen molar-refractivity contribution >= 4 is 26.8 Å². The van der Waals surface area contributed by atoms with Gasteiger partial charge in [-0.1, -0.05) is 12.1 Å². The Morgan fingerprint density at radius 3 is 2.57 bits per heavy atom. The van der Waals surface area contributed by atoms with Crippen LogP contribution in [0.1, 0.15) is 26.2 Å². The Balaban J connectivity index is 1.62. The highest BCUT2D eigenvalue weighted by Crippen LogP contribution is 2.24. The van der Waals surface area contributed by atoms with E-state index in [9.17, 15) is 18.3 Å². The van der Waals surface area contributed by atoms with Gasteiger partial charge in [0.05, 0.1) is 29.1 Å². The number of hydrogen-bond acceptors (Lipinski definition) is 6. The predicted octanol–water partition coefficient (Wildman–Crippen LogP) is 2.55. The van der Waals surface area contributed by atoms with E-state index in [4.69, 9.17) is 0 Å². The Morgan fingerprint density at radius 1 is 1.18 bits per heavy atom. The fraction of sp³-hybridized carbons (Fsp3) is 0.368. The fourth-order valence-electron chi connectivity index (χ4n) is 2.90. The smallest absolute Gasteiger partial charge is 0.324 e. The first-order chi connectivity index (χ1) is 13.2. The summed E-state index contributed by atoms with van der Waals surface area (Å²) in [6, 6.07) is 7.62. The van der Waals surface area contributed by atoms with Crippen molar-refractivity contribution in [2.75, 3.05) is 6.26 Å². The summed E-state index contributed by atoms with van der Waals surface area (Å²) in [6.45, 7) is 1.82. The first-order valence-electron chi connectivity index (χ1n) is 8.88. The molecule has 0 saturated carbocycles. The Morgan fingerprint density at radius 2 is 1.89 bits per heavy atom. The lowest BCUT2D eigenvalue weighted by Crippen LogP contribution is -2.43. The highest BCUT2D eigenvalue weighted by atomic mass is 32.2. The molecule has 0 unspecified atom stereocenters. The first kappa shape index (κ1) is 19.9. The lowest BCUT2D eigenvalue weighted by molar-refractivity contribution is -0.139. The number of sulfone groups is 1. The van der Waals surface area contributed by atoms with Crippen LogP contribution in [0.2, 0.25) is 0 Å². The van der Waals surface area contributed by atoms with Crippen LogP contribution in [-0.2, 0) is 21.2 Å². The second kappa shape index (κ2) is 7.67. The van der Waals surface area contributed by atoms with Gasteiger partial charge in [0.15, 0.2) is 14.6 Å². The lowest BCUT2D eigenvalue weighted by atomic mass is 10.0. The van der Waals surface area contributed by atoms with Crippen molar-refractivity contribution in [2.45, 2.75) is 37.5 Å². The van der Waals surface area contributed by atoms with Crippen LogP contribution >= 0.6 is 0 Å². The Hall–Kier alpha value is -2.81. The van der Waals surface area contributed by atoms with Gasteiger partial charge < -0.3 is 5.11 Å². The maximum Gasteiger partial charge on any atom is 0.324 e. The average molecular weight is 402 g/mol. The summed E-state index contributed by atoms with van der Waals surface area (Å²) >= 11 is 0. The quantitative estimate of drug-likeness (QED) is 0.576. The number of para-hydroxylation sites is 2. The van der Waals surface area contributed by atoms with Gasteiger partial charge in [0, 0.05) is 24.6 Å². The van der Waals surface area contributed by atoms with Crippen LogP contribution in [0, 0.1) is 0 Å². The minimum atomic E-state index is -3.70. The number of nitrogens with zero attached hydrogens (tertiary/aromatic N) is 4. The number of aryl methyl sites for hydroxylation is 1. The number of benzene rings is 1. The number of carboxylic acid groups (broad SMARTS) is 1. The molecule has 0 fully saturated rings. The molecular weight excluding hydrogens is 380 g/mol. The van der Waals surface area contributed by atoms with Gasteiger partial charge in [0.25, 0.3) is 0 Å². The van der Waals surface area contributed by atoms with Gasteiger partial charge in [-0.15, -0.1) is 0 Å². The lowest BCUT2D eigenvalue weighted by Gasteiger charge is -2.22. The van der Waals surface area contributed by atoms with E-state index in [0.29, 0.717) is 19.4 Å². The summed E-state index contributed by atoms with van der Waals surface area (Å²) in [6.07, 6.45) is 7.36. The first-order valence-corrected chi connectivity index (χ1v) is 10.8. The molecule has 2 heterocycles. The molecule has 28 heavy (non-hydrogen) atoms. The number of hydrogen-bond donors (Lipinski definition) is 1. The number of rotatable bonds is 8. The zero-order valence-electron chi connectivity index (χ0n) is 15.7. The maximum atomic E-state index is 11.8. The molecule has 148 valence electrons. The van der Waals surface area contributed by atoms with Crippen LogP contribution in [0.25, 0.3) is 22.3 Å². The van der Waals surface area contributed by atoms with E-state index >= 15 is 0 Å². The van der Waals surface area contributed by atoms with Crippen LogP contribution < -0.4 is 0 Å². The third-order valence-electron chi connectivity index (χ3n) is 4.94. The topological polar surface area (TPSA) is 115 Å². The van der Waals surface area contributed by atoms with Crippen LogP contribution in [0.4, 0.5) is 0 Å². The molecule has 2 aromatic heterocycles. The zero-order chi connectivity index (χ0) is 20.4. The van der Waals surface area contributed by atoms with E-state index in [1.807, 2.05) is 30.5 Å². The monoisotopic (exact) mass is 402 g/mol.